The van der Waals surface area contributed by atoms with Crippen molar-refractivity contribution in [2.24, 2.45) is 0 Å². The number of benzene rings is 3. The number of β-amino-alcohol motifs (C(OH)–C–C–N with tert-alkyl or cyclic N) is 1. The van der Waals surface area contributed by atoms with Gasteiger partial charge in [-0.15, -0.1) is 0 Å². The Balaban J connectivity index is 1.21. The number of aliphatic hydroxyl groups excluding tert-OH is 1. The number of ether oxygens (including phenoxy) is 1. The Morgan fingerprint density at radius 3 is 2.30 bits per heavy atom. The summed E-state index contributed by atoms with van der Waals surface area (Å²) in [5, 5.41) is 12.9. The van der Waals surface area contributed by atoms with E-state index in [0.717, 1.165) is 31.7 Å². The fourth-order valence-corrected chi connectivity index (χ4v) is 4.45. The normalized spacial score (nSPS) is 16.2. The van der Waals surface area contributed by atoms with Crippen molar-refractivity contribution in [3.63, 3.8) is 0 Å². The molecular weight excluding hydrogens is 372 g/mol. The summed E-state index contributed by atoms with van der Waals surface area (Å²) in [6, 6.07) is 21.2. The molecule has 4 rings (SSSR count). The molecule has 0 bridgehead atoms. The maximum Gasteiger partial charge on any atom is 0.0900 e. The summed E-state index contributed by atoms with van der Waals surface area (Å²) in [4.78, 5) is 4.82. The van der Waals surface area contributed by atoms with Crippen molar-refractivity contribution in [1.82, 2.24) is 4.90 Å². The van der Waals surface area contributed by atoms with E-state index in [-0.39, 0.29) is 0 Å². The smallest absolute Gasteiger partial charge is 0.0900 e. The first-order valence-corrected chi connectivity index (χ1v) is 10.9. The van der Waals surface area contributed by atoms with Crippen molar-refractivity contribution in [3.05, 3.63) is 77.4 Å². The van der Waals surface area contributed by atoms with Gasteiger partial charge in [0.1, 0.15) is 0 Å². The molecule has 1 heterocycles. The lowest BCUT2D eigenvalue weighted by Crippen LogP contribution is -2.49. The first-order chi connectivity index (χ1) is 14.6. The summed E-state index contributed by atoms with van der Waals surface area (Å²) in [5.41, 5.74) is 5.19. The van der Waals surface area contributed by atoms with E-state index in [2.05, 4.69) is 84.3 Å². The molecule has 4 heteroatoms. The Bertz CT molecular complexity index is 959. The Labute approximate surface area is 179 Å². The summed E-state index contributed by atoms with van der Waals surface area (Å²) < 4.78 is 5.81. The fraction of sp³-hybridized carbons (Fsp3) is 0.385. The largest absolute Gasteiger partial charge is 0.389 e. The number of piperazine rings is 1. The molecule has 1 aliphatic rings. The van der Waals surface area contributed by atoms with Gasteiger partial charge >= 0.3 is 0 Å². The van der Waals surface area contributed by atoms with Crippen LogP contribution in [0.5, 0.6) is 0 Å². The second-order valence-corrected chi connectivity index (χ2v) is 8.38. The van der Waals surface area contributed by atoms with Gasteiger partial charge in [-0.1, -0.05) is 54.6 Å². The Hall–Kier alpha value is -2.40. The minimum absolute atomic E-state index is 0.365. The molecule has 158 valence electrons. The number of para-hydroxylation sites is 1. The SMILES string of the molecule is Cc1cccc(C)c1N1CCN(CC(O)COCc2ccc3ccccc3c2)CC1. The molecule has 1 fully saturated rings. The molecule has 0 aromatic heterocycles. The molecule has 1 saturated heterocycles. The third-order valence-electron chi connectivity index (χ3n) is 5.99. The average molecular weight is 405 g/mol. The predicted molar refractivity (Wildman–Crippen MR) is 124 cm³/mol. The van der Waals surface area contributed by atoms with Gasteiger partial charge in [0.25, 0.3) is 0 Å². The van der Waals surface area contributed by atoms with Crippen LogP contribution in [0.15, 0.2) is 60.7 Å². The van der Waals surface area contributed by atoms with Gasteiger partial charge in [0.2, 0.25) is 0 Å². The van der Waals surface area contributed by atoms with Crippen molar-refractivity contribution >= 4 is 16.5 Å². The second kappa shape index (κ2) is 9.61. The number of anilines is 1. The summed E-state index contributed by atoms with van der Waals surface area (Å²) in [6.45, 7) is 9.86. The molecule has 0 saturated carbocycles. The highest BCUT2D eigenvalue weighted by Crippen LogP contribution is 2.25. The minimum atomic E-state index is -0.461. The van der Waals surface area contributed by atoms with E-state index >= 15 is 0 Å². The van der Waals surface area contributed by atoms with Crippen LogP contribution in [0, 0.1) is 13.8 Å². The summed E-state index contributed by atoms with van der Waals surface area (Å²) in [5.74, 6) is 0. The molecule has 4 nitrogen and oxygen atoms in total. The molecule has 0 amide bonds. The van der Waals surface area contributed by atoms with Gasteiger partial charge in [-0.2, -0.15) is 0 Å². The van der Waals surface area contributed by atoms with Crippen LogP contribution in [0.1, 0.15) is 16.7 Å². The summed E-state index contributed by atoms with van der Waals surface area (Å²) >= 11 is 0. The lowest BCUT2D eigenvalue weighted by Gasteiger charge is -2.38. The number of rotatable bonds is 7. The minimum Gasteiger partial charge on any atom is -0.389 e. The zero-order chi connectivity index (χ0) is 20.9. The average Bonchev–Trinajstić information content (AvgIpc) is 2.75. The first-order valence-electron chi connectivity index (χ1n) is 10.9. The number of nitrogens with zero attached hydrogens (tertiary/aromatic N) is 2. The Morgan fingerprint density at radius 1 is 0.867 bits per heavy atom. The Kier molecular flexibility index (Phi) is 6.68. The molecule has 0 aliphatic carbocycles. The zero-order valence-corrected chi connectivity index (χ0v) is 18.1. The van der Waals surface area contributed by atoms with Crippen LogP contribution in [0.3, 0.4) is 0 Å². The van der Waals surface area contributed by atoms with Crippen molar-refractivity contribution in [1.29, 1.82) is 0 Å². The lowest BCUT2D eigenvalue weighted by molar-refractivity contribution is 0.00916. The molecule has 3 aromatic carbocycles. The van der Waals surface area contributed by atoms with E-state index < -0.39 is 6.10 Å². The van der Waals surface area contributed by atoms with E-state index in [0.29, 0.717) is 19.8 Å². The van der Waals surface area contributed by atoms with Crippen LogP contribution in [0.2, 0.25) is 0 Å². The van der Waals surface area contributed by atoms with Gasteiger partial charge in [-0.25, -0.2) is 0 Å². The Morgan fingerprint density at radius 2 is 1.57 bits per heavy atom. The standard InChI is InChI=1S/C26H32N2O2/c1-20-6-5-7-21(2)26(20)28-14-12-27(13-15-28)17-25(29)19-30-18-22-10-11-23-8-3-4-9-24(23)16-22/h3-11,16,25,29H,12-15,17-19H2,1-2H3. The van der Waals surface area contributed by atoms with Crippen molar-refractivity contribution < 1.29 is 9.84 Å². The van der Waals surface area contributed by atoms with E-state index in [9.17, 15) is 5.11 Å². The predicted octanol–water partition coefficient (Wildman–Crippen LogP) is 4.16. The molecule has 0 spiro atoms. The number of fused-ring (bicyclic) bond motifs is 1. The molecule has 1 N–H and O–H groups in total. The molecular formula is C26H32N2O2. The lowest BCUT2D eigenvalue weighted by atomic mass is 10.1. The number of hydrogen-bond donors (Lipinski definition) is 1. The molecule has 3 aromatic rings. The quantitative estimate of drug-likeness (QED) is 0.642. The molecule has 1 unspecified atom stereocenters. The van der Waals surface area contributed by atoms with E-state index in [1.54, 1.807) is 0 Å². The highest BCUT2D eigenvalue weighted by atomic mass is 16.5. The van der Waals surface area contributed by atoms with Crippen LogP contribution in [0.25, 0.3) is 10.8 Å². The molecule has 1 atom stereocenters. The van der Waals surface area contributed by atoms with Crippen molar-refractivity contribution in [2.75, 3.05) is 44.2 Å². The van der Waals surface area contributed by atoms with Gasteiger partial charge in [0.05, 0.1) is 19.3 Å². The number of aryl methyl sites for hydroxylation is 2. The van der Waals surface area contributed by atoms with Gasteiger partial charge in [-0.3, -0.25) is 4.90 Å². The van der Waals surface area contributed by atoms with Crippen molar-refractivity contribution in [2.45, 2.75) is 26.6 Å². The number of hydrogen-bond acceptors (Lipinski definition) is 4. The highest BCUT2D eigenvalue weighted by Gasteiger charge is 2.21. The van der Waals surface area contributed by atoms with Crippen LogP contribution in [0.4, 0.5) is 5.69 Å². The van der Waals surface area contributed by atoms with Crippen LogP contribution >= 0.6 is 0 Å². The van der Waals surface area contributed by atoms with Gasteiger partial charge in [-0.05, 0) is 47.4 Å². The van der Waals surface area contributed by atoms with E-state index in [1.807, 2.05) is 0 Å². The topological polar surface area (TPSA) is 35.9 Å². The van der Waals surface area contributed by atoms with E-state index in [4.69, 9.17) is 4.74 Å². The number of aliphatic hydroxyl groups is 1. The third-order valence-corrected chi connectivity index (χ3v) is 5.99. The van der Waals surface area contributed by atoms with Crippen LogP contribution in [-0.2, 0) is 11.3 Å². The molecule has 30 heavy (non-hydrogen) atoms. The highest BCUT2D eigenvalue weighted by molar-refractivity contribution is 5.82. The monoisotopic (exact) mass is 404 g/mol. The van der Waals surface area contributed by atoms with Crippen LogP contribution in [-0.4, -0.2) is 55.4 Å². The summed E-state index contributed by atoms with van der Waals surface area (Å²) in [7, 11) is 0. The fourth-order valence-electron chi connectivity index (χ4n) is 4.45. The summed E-state index contributed by atoms with van der Waals surface area (Å²) in [6.07, 6.45) is -0.461. The maximum atomic E-state index is 10.4. The van der Waals surface area contributed by atoms with Crippen LogP contribution < -0.4 is 4.90 Å². The zero-order valence-electron chi connectivity index (χ0n) is 18.1. The third kappa shape index (κ3) is 5.01. The van der Waals surface area contributed by atoms with Gasteiger partial charge in [0.15, 0.2) is 0 Å². The van der Waals surface area contributed by atoms with Crippen molar-refractivity contribution in [3.8, 4) is 0 Å². The second-order valence-electron chi connectivity index (χ2n) is 8.38. The van der Waals surface area contributed by atoms with Gasteiger partial charge < -0.3 is 14.7 Å². The molecule has 0 radical (unpaired) electrons. The molecule has 1 aliphatic heterocycles. The maximum absolute atomic E-state index is 10.4. The van der Waals surface area contributed by atoms with E-state index in [1.165, 1.54) is 27.6 Å². The first kappa shape index (κ1) is 20.9. The van der Waals surface area contributed by atoms with Gasteiger partial charge in [0, 0.05) is 38.4 Å².